The third-order valence-corrected chi connectivity index (χ3v) is 5.36. The van der Waals surface area contributed by atoms with Gasteiger partial charge in [0, 0.05) is 11.1 Å². The van der Waals surface area contributed by atoms with Crippen molar-refractivity contribution >= 4 is 23.3 Å². The highest BCUT2D eigenvalue weighted by Crippen LogP contribution is 2.40. The maximum absolute atomic E-state index is 12.6. The second-order valence-electron chi connectivity index (χ2n) is 6.62. The molecule has 2 heterocycles. The first-order valence-electron chi connectivity index (χ1n) is 8.67. The zero-order valence-electron chi connectivity index (χ0n) is 13.9. The van der Waals surface area contributed by atoms with Crippen LogP contribution >= 0.6 is 11.6 Å². The van der Waals surface area contributed by atoms with E-state index in [-0.39, 0.29) is 18.2 Å². The molecule has 1 fully saturated rings. The summed E-state index contributed by atoms with van der Waals surface area (Å²) in [7, 11) is 0. The number of hydrogen-bond acceptors (Lipinski definition) is 2. The van der Waals surface area contributed by atoms with E-state index < -0.39 is 0 Å². The molecule has 2 aliphatic rings. The lowest BCUT2D eigenvalue weighted by molar-refractivity contribution is 0.0832. The summed E-state index contributed by atoms with van der Waals surface area (Å²) in [5, 5.41) is 0.772. The summed E-state index contributed by atoms with van der Waals surface area (Å²) in [6, 6.07) is 18.0. The number of nitrogens with zero attached hydrogens (tertiary/aromatic N) is 1. The van der Waals surface area contributed by atoms with E-state index in [1.165, 1.54) is 5.57 Å². The van der Waals surface area contributed by atoms with E-state index in [2.05, 4.69) is 12.1 Å². The van der Waals surface area contributed by atoms with Crippen LogP contribution in [0.2, 0.25) is 5.02 Å². The van der Waals surface area contributed by atoms with Crippen molar-refractivity contribution in [1.82, 2.24) is 4.90 Å². The molecule has 2 unspecified atom stereocenters. The summed E-state index contributed by atoms with van der Waals surface area (Å²) in [4.78, 5) is 14.5. The first-order chi connectivity index (χ1) is 12.2. The van der Waals surface area contributed by atoms with Crippen molar-refractivity contribution in [1.29, 1.82) is 0 Å². The van der Waals surface area contributed by atoms with Crippen molar-refractivity contribution in [2.75, 3.05) is 0 Å². The van der Waals surface area contributed by atoms with Gasteiger partial charge in [0.05, 0.1) is 6.04 Å². The molecule has 0 aromatic heterocycles. The van der Waals surface area contributed by atoms with Crippen LogP contribution in [0.5, 0.6) is 0 Å². The number of benzene rings is 2. The van der Waals surface area contributed by atoms with Gasteiger partial charge in [0.1, 0.15) is 6.61 Å². The van der Waals surface area contributed by atoms with Gasteiger partial charge in [0.15, 0.2) is 0 Å². The number of carbonyl (C=O) groups excluding carboxylic acids is 1. The maximum Gasteiger partial charge on any atom is 0.410 e. The number of hydrogen-bond donors (Lipinski definition) is 0. The Balaban J connectivity index is 1.48. The molecule has 0 saturated carbocycles. The zero-order chi connectivity index (χ0) is 17.2. The molecule has 128 valence electrons. The van der Waals surface area contributed by atoms with Gasteiger partial charge in [-0.2, -0.15) is 0 Å². The van der Waals surface area contributed by atoms with Gasteiger partial charge in [-0.15, -0.1) is 0 Å². The summed E-state index contributed by atoms with van der Waals surface area (Å²) in [6.07, 6.45) is 4.80. The van der Waals surface area contributed by atoms with Gasteiger partial charge in [0.2, 0.25) is 0 Å². The van der Waals surface area contributed by atoms with Gasteiger partial charge < -0.3 is 4.74 Å². The molecular weight excluding hydrogens is 334 g/mol. The summed E-state index contributed by atoms with van der Waals surface area (Å²) in [5.74, 6) is 0. The minimum absolute atomic E-state index is 0.105. The van der Waals surface area contributed by atoms with Gasteiger partial charge in [-0.05, 0) is 42.0 Å². The molecule has 2 aromatic carbocycles. The number of halogens is 1. The van der Waals surface area contributed by atoms with Crippen molar-refractivity contribution in [3.8, 4) is 0 Å². The number of rotatable bonds is 3. The van der Waals surface area contributed by atoms with E-state index in [9.17, 15) is 4.79 Å². The Morgan fingerprint density at radius 1 is 1.08 bits per heavy atom. The highest BCUT2D eigenvalue weighted by molar-refractivity contribution is 6.32. The lowest BCUT2D eigenvalue weighted by atomic mass is 9.95. The minimum atomic E-state index is -0.217. The van der Waals surface area contributed by atoms with Gasteiger partial charge in [-0.25, -0.2) is 4.79 Å². The van der Waals surface area contributed by atoms with Crippen LogP contribution in [0.25, 0.3) is 5.57 Å². The predicted octanol–water partition coefficient (Wildman–Crippen LogP) is 5.30. The number of amides is 1. The largest absolute Gasteiger partial charge is 0.445 e. The minimum Gasteiger partial charge on any atom is -0.445 e. The first-order valence-corrected chi connectivity index (χ1v) is 9.05. The second kappa shape index (κ2) is 6.93. The Bertz CT molecular complexity index is 803. The molecule has 2 atom stereocenters. The Morgan fingerprint density at radius 2 is 1.84 bits per heavy atom. The third-order valence-electron chi connectivity index (χ3n) is 5.03. The summed E-state index contributed by atoms with van der Waals surface area (Å²) < 4.78 is 5.54. The first kappa shape index (κ1) is 16.2. The fourth-order valence-electron chi connectivity index (χ4n) is 3.83. The van der Waals surface area contributed by atoms with Gasteiger partial charge >= 0.3 is 6.09 Å². The monoisotopic (exact) mass is 353 g/mol. The average molecular weight is 354 g/mol. The van der Waals surface area contributed by atoms with E-state index in [4.69, 9.17) is 16.3 Å². The van der Waals surface area contributed by atoms with Crippen LogP contribution in [0.15, 0.2) is 60.7 Å². The van der Waals surface area contributed by atoms with Crippen LogP contribution in [0.4, 0.5) is 4.79 Å². The van der Waals surface area contributed by atoms with Gasteiger partial charge in [0.25, 0.3) is 0 Å². The lowest BCUT2D eigenvalue weighted by Gasteiger charge is -2.33. The van der Waals surface area contributed by atoms with Gasteiger partial charge in [-0.1, -0.05) is 66.2 Å². The SMILES string of the molecule is O=C(OCc1ccccc1)N1C2C=C(c3ccccc3Cl)CC1CC2. The fraction of sp³-hybridized carbons (Fsp3) is 0.286. The summed E-state index contributed by atoms with van der Waals surface area (Å²) >= 11 is 6.34. The lowest BCUT2D eigenvalue weighted by Crippen LogP contribution is -2.43. The van der Waals surface area contributed by atoms with Crippen molar-refractivity contribution in [3.63, 3.8) is 0 Å². The Kier molecular flexibility index (Phi) is 4.50. The van der Waals surface area contributed by atoms with Crippen LogP contribution < -0.4 is 0 Å². The topological polar surface area (TPSA) is 29.5 Å². The van der Waals surface area contributed by atoms with E-state index in [0.29, 0.717) is 6.61 Å². The Labute approximate surface area is 152 Å². The fourth-order valence-corrected chi connectivity index (χ4v) is 4.09. The van der Waals surface area contributed by atoms with E-state index in [0.717, 1.165) is 35.4 Å². The van der Waals surface area contributed by atoms with Crippen molar-refractivity contribution in [3.05, 3.63) is 76.8 Å². The summed E-state index contributed by atoms with van der Waals surface area (Å²) in [6.45, 7) is 0.316. The quantitative estimate of drug-likeness (QED) is 0.749. The second-order valence-corrected chi connectivity index (χ2v) is 7.03. The molecule has 2 aromatic rings. The normalized spacial score (nSPS) is 21.8. The molecular formula is C21H20ClNO2. The van der Waals surface area contributed by atoms with Crippen molar-refractivity contribution in [2.45, 2.75) is 38.0 Å². The van der Waals surface area contributed by atoms with Crippen LogP contribution in [0.3, 0.4) is 0 Å². The van der Waals surface area contributed by atoms with E-state index in [1.807, 2.05) is 53.4 Å². The smallest absolute Gasteiger partial charge is 0.410 e. The Hall–Kier alpha value is -2.26. The van der Waals surface area contributed by atoms with Crippen LogP contribution in [-0.2, 0) is 11.3 Å². The predicted molar refractivity (Wildman–Crippen MR) is 99.3 cm³/mol. The maximum atomic E-state index is 12.6. The molecule has 0 N–H and O–H groups in total. The van der Waals surface area contributed by atoms with E-state index >= 15 is 0 Å². The zero-order valence-corrected chi connectivity index (χ0v) is 14.7. The third kappa shape index (κ3) is 3.29. The number of carbonyl (C=O) groups is 1. The molecule has 0 aliphatic carbocycles. The highest BCUT2D eigenvalue weighted by atomic mass is 35.5. The molecule has 4 rings (SSSR count). The molecule has 2 bridgehead atoms. The van der Waals surface area contributed by atoms with Crippen LogP contribution in [0, 0.1) is 0 Å². The number of ether oxygens (including phenoxy) is 1. The number of fused-ring (bicyclic) bond motifs is 2. The Morgan fingerprint density at radius 3 is 2.60 bits per heavy atom. The molecule has 2 aliphatic heterocycles. The van der Waals surface area contributed by atoms with Crippen LogP contribution in [0.1, 0.15) is 30.4 Å². The van der Waals surface area contributed by atoms with E-state index in [1.54, 1.807) is 0 Å². The summed E-state index contributed by atoms with van der Waals surface area (Å²) in [5.41, 5.74) is 3.33. The molecule has 25 heavy (non-hydrogen) atoms. The molecule has 0 radical (unpaired) electrons. The van der Waals surface area contributed by atoms with Crippen molar-refractivity contribution in [2.24, 2.45) is 0 Å². The average Bonchev–Trinajstić information content (AvgIpc) is 2.91. The molecule has 3 nitrogen and oxygen atoms in total. The molecule has 1 saturated heterocycles. The van der Waals surface area contributed by atoms with Crippen LogP contribution in [-0.4, -0.2) is 23.1 Å². The molecule has 0 spiro atoms. The van der Waals surface area contributed by atoms with Gasteiger partial charge in [-0.3, -0.25) is 4.90 Å². The molecule has 1 amide bonds. The highest BCUT2D eigenvalue weighted by Gasteiger charge is 2.40. The standard InChI is InChI=1S/C21H20ClNO2/c22-20-9-5-4-8-19(20)16-12-17-10-11-18(13-16)23(17)21(24)25-14-15-6-2-1-3-7-15/h1-9,12,17-18H,10-11,13-14H2. The molecule has 4 heteroatoms. The van der Waals surface area contributed by atoms with Crippen molar-refractivity contribution < 1.29 is 9.53 Å².